The molecule has 240 valence electrons. The average Bonchev–Trinajstić information content (AvgIpc) is 3.06. The Hall–Kier alpha value is -5.46. The third-order valence-corrected chi connectivity index (χ3v) is 6.59. The van der Waals surface area contributed by atoms with E-state index < -0.39 is 0 Å². The number of hydrogen-bond donors (Lipinski definition) is 4. The Morgan fingerprint density at radius 2 is 0.848 bits per heavy atom. The zero-order valence-electron chi connectivity index (χ0n) is 24.9. The van der Waals surface area contributed by atoms with Crippen LogP contribution in [0.3, 0.4) is 0 Å². The van der Waals surface area contributed by atoms with Gasteiger partial charge in [0.05, 0.1) is 37.8 Å². The minimum absolute atomic E-state index is 0.227. The molecule has 12 nitrogen and oxygen atoms in total. The highest BCUT2D eigenvalue weighted by Gasteiger charge is 2.11. The van der Waals surface area contributed by atoms with Crippen LogP contribution in [0.2, 0.25) is 0 Å². The van der Waals surface area contributed by atoms with Crippen molar-refractivity contribution in [2.45, 2.75) is 0 Å². The van der Waals surface area contributed by atoms with E-state index in [0.29, 0.717) is 58.7 Å². The number of phenolic OH excluding ortho intramolecular Hbond substituents is 4. The van der Waals surface area contributed by atoms with Crippen LogP contribution in [0.25, 0.3) is 0 Å². The first-order valence-electron chi connectivity index (χ1n) is 14.5. The van der Waals surface area contributed by atoms with E-state index in [9.17, 15) is 20.4 Å². The molecule has 1 aliphatic rings. The minimum Gasteiger partial charge on any atom is -0.504 e. The number of ether oxygens (including phenoxy) is 6. The van der Waals surface area contributed by atoms with Crippen molar-refractivity contribution in [2.75, 3.05) is 52.9 Å². The van der Waals surface area contributed by atoms with Crippen molar-refractivity contribution >= 4 is 23.8 Å². The van der Waals surface area contributed by atoms with Crippen LogP contribution in [-0.2, 0) is 9.47 Å². The van der Waals surface area contributed by atoms with Crippen molar-refractivity contribution < 1.29 is 48.8 Å². The van der Waals surface area contributed by atoms with E-state index in [2.05, 4.69) is 9.98 Å². The van der Waals surface area contributed by atoms with Crippen LogP contribution in [-0.4, -0.2) is 85.7 Å². The van der Waals surface area contributed by atoms with Gasteiger partial charge in [-0.15, -0.1) is 0 Å². The van der Waals surface area contributed by atoms with Gasteiger partial charge in [0.25, 0.3) is 0 Å². The summed E-state index contributed by atoms with van der Waals surface area (Å²) in [4.78, 5) is 8.79. The summed E-state index contributed by atoms with van der Waals surface area (Å²) in [5, 5.41) is 39.5. The van der Waals surface area contributed by atoms with Crippen LogP contribution in [0.5, 0.6) is 46.0 Å². The number of benzene rings is 4. The van der Waals surface area contributed by atoms with Gasteiger partial charge >= 0.3 is 0 Å². The fraction of sp³-hybridized carbons (Fsp3) is 0.235. The highest BCUT2D eigenvalue weighted by molar-refractivity contribution is 5.87. The Morgan fingerprint density at radius 3 is 1.26 bits per heavy atom. The van der Waals surface area contributed by atoms with E-state index in [1.54, 1.807) is 60.7 Å². The molecule has 12 heteroatoms. The zero-order chi connectivity index (χ0) is 32.1. The lowest BCUT2D eigenvalue weighted by Gasteiger charge is -2.16. The number of hydrogen-bond acceptors (Lipinski definition) is 12. The molecule has 46 heavy (non-hydrogen) atoms. The number of para-hydroxylation sites is 2. The lowest BCUT2D eigenvalue weighted by molar-refractivity contribution is 0.0640. The fourth-order valence-electron chi connectivity index (χ4n) is 4.26. The highest BCUT2D eigenvalue weighted by atomic mass is 16.6. The summed E-state index contributed by atoms with van der Waals surface area (Å²) in [6, 6.07) is 19.7. The Labute approximate surface area is 265 Å². The van der Waals surface area contributed by atoms with Crippen LogP contribution in [0, 0.1) is 0 Å². The molecule has 1 aliphatic heterocycles. The van der Waals surface area contributed by atoms with Crippen molar-refractivity contribution in [3.8, 4) is 46.0 Å². The van der Waals surface area contributed by atoms with Crippen molar-refractivity contribution in [1.82, 2.24) is 0 Å². The number of aliphatic imine (C=N–C) groups is 2. The first kappa shape index (κ1) is 31.9. The molecule has 4 aromatic rings. The second-order valence-electron chi connectivity index (χ2n) is 9.83. The normalized spacial score (nSPS) is 15.0. The second kappa shape index (κ2) is 16.0. The van der Waals surface area contributed by atoms with Crippen molar-refractivity contribution in [2.24, 2.45) is 9.98 Å². The topological polar surface area (TPSA) is 161 Å². The molecular formula is C34H34N2O10. The second-order valence-corrected chi connectivity index (χ2v) is 9.83. The van der Waals surface area contributed by atoms with E-state index in [1.165, 1.54) is 24.6 Å². The molecule has 0 radical (unpaired) electrons. The van der Waals surface area contributed by atoms with Gasteiger partial charge in [0, 0.05) is 35.7 Å². The predicted octanol–water partition coefficient (Wildman–Crippen LogP) is 5.27. The van der Waals surface area contributed by atoms with E-state index in [-0.39, 0.29) is 62.6 Å². The van der Waals surface area contributed by atoms with Gasteiger partial charge in [0.15, 0.2) is 46.0 Å². The Morgan fingerprint density at radius 1 is 0.457 bits per heavy atom. The Kier molecular flexibility index (Phi) is 11.1. The van der Waals surface area contributed by atoms with Crippen molar-refractivity contribution in [1.29, 1.82) is 0 Å². The SMILES string of the molecule is Oc1cccc(C=Nc2ccc3c(c2)OCCOCCOc2ccc(N=Cc4cccc(O)c4O)cc2OCCOCCO3)c1O. The number of phenols is 4. The van der Waals surface area contributed by atoms with Crippen molar-refractivity contribution in [3.05, 3.63) is 83.9 Å². The molecule has 0 saturated carbocycles. The number of nitrogens with zero attached hydrogens (tertiary/aromatic N) is 2. The van der Waals surface area contributed by atoms with E-state index in [4.69, 9.17) is 28.4 Å². The summed E-state index contributed by atoms with van der Waals surface area (Å²) in [6.45, 7) is 2.16. The third-order valence-electron chi connectivity index (χ3n) is 6.59. The maximum atomic E-state index is 10.0. The third kappa shape index (κ3) is 8.80. The van der Waals surface area contributed by atoms with Crippen LogP contribution in [0.4, 0.5) is 11.4 Å². The van der Waals surface area contributed by atoms with E-state index in [0.717, 1.165) is 0 Å². The summed E-state index contributed by atoms with van der Waals surface area (Å²) in [5.41, 5.74) is 1.85. The van der Waals surface area contributed by atoms with Gasteiger partial charge in [-0.2, -0.15) is 0 Å². The van der Waals surface area contributed by atoms with Crippen LogP contribution < -0.4 is 18.9 Å². The van der Waals surface area contributed by atoms with E-state index in [1.807, 2.05) is 0 Å². The average molecular weight is 631 g/mol. The van der Waals surface area contributed by atoms with Crippen LogP contribution in [0.1, 0.15) is 11.1 Å². The first-order chi connectivity index (χ1) is 22.5. The summed E-state index contributed by atoms with van der Waals surface area (Å²) < 4.78 is 35.1. The number of fused-ring (bicyclic) bond motifs is 2. The quantitative estimate of drug-likeness (QED) is 0.173. The molecule has 0 aromatic heterocycles. The van der Waals surface area contributed by atoms with Gasteiger partial charge in [0.1, 0.15) is 26.4 Å². The van der Waals surface area contributed by atoms with Crippen molar-refractivity contribution in [3.63, 3.8) is 0 Å². The van der Waals surface area contributed by atoms with Gasteiger partial charge in [0.2, 0.25) is 0 Å². The molecule has 0 spiro atoms. The van der Waals surface area contributed by atoms with Gasteiger partial charge in [-0.1, -0.05) is 12.1 Å². The maximum Gasteiger partial charge on any atom is 0.166 e. The number of aromatic hydroxyl groups is 4. The maximum absolute atomic E-state index is 10.0. The molecule has 0 unspecified atom stereocenters. The monoisotopic (exact) mass is 630 g/mol. The largest absolute Gasteiger partial charge is 0.504 e. The standard InChI is InChI=1S/C34H34N2O10/c37-27-5-1-3-23(33(27)39)21-35-25-7-9-29-31(19-25)45-17-13-41-12-16-44-30-10-8-26(20-32(30)46-18-14-42-11-15-43-29)36-22-24-4-2-6-28(38)34(24)40/h1-10,19-22,37-40H,11-18H2. The molecule has 4 aromatic carbocycles. The fourth-order valence-corrected chi connectivity index (χ4v) is 4.26. The zero-order valence-corrected chi connectivity index (χ0v) is 24.9. The smallest absolute Gasteiger partial charge is 0.166 e. The Bertz CT molecular complexity index is 1550. The number of rotatable bonds is 4. The molecular weight excluding hydrogens is 596 g/mol. The molecule has 0 aliphatic carbocycles. The molecule has 5 rings (SSSR count). The van der Waals surface area contributed by atoms with Gasteiger partial charge in [-0.3, -0.25) is 9.98 Å². The van der Waals surface area contributed by atoms with E-state index >= 15 is 0 Å². The summed E-state index contributed by atoms with van der Waals surface area (Å²) >= 11 is 0. The predicted molar refractivity (Wildman–Crippen MR) is 171 cm³/mol. The van der Waals surface area contributed by atoms with Gasteiger partial charge < -0.3 is 48.8 Å². The molecule has 0 amide bonds. The van der Waals surface area contributed by atoms with Crippen LogP contribution >= 0.6 is 0 Å². The molecule has 1 heterocycles. The lowest BCUT2D eigenvalue weighted by atomic mass is 10.2. The van der Waals surface area contributed by atoms with Gasteiger partial charge in [-0.05, 0) is 48.5 Å². The summed E-state index contributed by atoms with van der Waals surface area (Å²) in [7, 11) is 0. The summed E-state index contributed by atoms with van der Waals surface area (Å²) in [5.74, 6) is 0.981. The molecule has 4 N–H and O–H groups in total. The summed E-state index contributed by atoms with van der Waals surface area (Å²) in [6.07, 6.45) is 2.90. The van der Waals surface area contributed by atoms with Gasteiger partial charge in [-0.25, -0.2) is 0 Å². The minimum atomic E-state index is -0.250. The highest BCUT2D eigenvalue weighted by Crippen LogP contribution is 2.34. The Balaban J connectivity index is 1.21. The first-order valence-corrected chi connectivity index (χ1v) is 14.5. The van der Waals surface area contributed by atoms with Crippen LogP contribution in [0.15, 0.2) is 82.8 Å². The molecule has 0 saturated heterocycles. The molecule has 0 fully saturated rings. The molecule has 0 bridgehead atoms. The molecule has 0 atom stereocenters. The lowest BCUT2D eigenvalue weighted by Crippen LogP contribution is -2.15.